The summed E-state index contributed by atoms with van der Waals surface area (Å²) in [5, 5.41) is 0.923. The number of carbonyl (C=O) groups is 2. The molecule has 0 aliphatic carbocycles. The lowest BCUT2D eigenvalue weighted by Crippen LogP contribution is -2.26. The largest absolute Gasteiger partial charge is 0.490 e. The van der Waals surface area contributed by atoms with Crippen molar-refractivity contribution in [1.82, 2.24) is 5.06 Å². The van der Waals surface area contributed by atoms with Crippen LogP contribution in [0.15, 0.2) is 42.5 Å². The molecule has 42 heavy (non-hydrogen) atoms. The molecule has 0 aromatic heterocycles. The number of nitrogens with zero attached hydrogens (tertiary/aromatic N) is 1. The average Bonchev–Trinajstić information content (AvgIpc) is 2.94. The topological polar surface area (TPSA) is 74.3 Å². The number of rotatable bonds is 10. The van der Waals surface area contributed by atoms with Gasteiger partial charge in [0.2, 0.25) is 0 Å². The van der Waals surface area contributed by atoms with Crippen LogP contribution >= 0.6 is 0 Å². The normalized spacial score (nSPS) is 13.1. The standard InChI is InChI=1S/C15H17F3O3.C14H18F3NO3/c1-4-10(2)21-13-9-12(15(16,17)18)7-5-11(13)6-8-14(19)20-3;1-5-9(2)21-12-8-10(14(15,16)17)6-7-11(12)13(19)18(3)20-4/h5-10H,4H2,1-3H3;6-9H,5H2,1-4H3. The number of methoxy groups -OCH3 is 1. The Morgan fingerprint density at radius 2 is 1.31 bits per heavy atom. The van der Waals surface area contributed by atoms with Gasteiger partial charge in [-0.05, 0) is 63.1 Å². The Balaban J connectivity index is 0.000000420. The average molecular weight is 608 g/mol. The van der Waals surface area contributed by atoms with E-state index in [1.165, 1.54) is 33.4 Å². The van der Waals surface area contributed by atoms with E-state index in [0.717, 1.165) is 41.5 Å². The summed E-state index contributed by atoms with van der Waals surface area (Å²) in [6, 6.07) is 5.92. The maximum atomic E-state index is 12.8. The Bertz CT molecular complexity index is 1210. The SMILES string of the molecule is CCC(C)Oc1cc(C(F)(F)F)ccc1C(=O)N(C)OC.CCC(C)Oc1cc(C(F)(F)F)ccc1C=CC(=O)OC. The van der Waals surface area contributed by atoms with Crippen LogP contribution in [0, 0.1) is 0 Å². The van der Waals surface area contributed by atoms with Crippen LogP contribution in [0.25, 0.3) is 6.08 Å². The van der Waals surface area contributed by atoms with Gasteiger partial charge in [0.15, 0.2) is 0 Å². The summed E-state index contributed by atoms with van der Waals surface area (Å²) in [5.74, 6) is -1.19. The zero-order valence-electron chi connectivity index (χ0n) is 24.4. The van der Waals surface area contributed by atoms with Crippen molar-refractivity contribution in [3.05, 3.63) is 64.7 Å². The van der Waals surface area contributed by atoms with Crippen molar-refractivity contribution in [3.63, 3.8) is 0 Å². The van der Waals surface area contributed by atoms with Crippen LogP contribution in [0.5, 0.6) is 11.5 Å². The first-order chi connectivity index (χ1) is 19.5. The molecule has 0 radical (unpaired) electrons. The van der Waals surface area contributed by atoms with Crippen LogP contribution in [-0.4, -0.2) is 50.4 Å². The van der Waals surface area contributed by atoms with Crippen molar-refractivity contribution >= 4 is 18.0 Å². The molecule has 2 aromatic rings. The third-order valence-corrected chi connectivity index (χ3v) is 5.85. The number of hydrogen-bond acceptors (Lipinski definition) is 6. The van der Waals surface area contributed by atoms with Gasteiger partial charge in [0.25, 0.3) is 5.91 Å². The van der Waals surface area contributed by atoms with Crippen LogP contribution < -0.4 is 9.47 Å². The molecule has 2 atom stereocenters. The van der Waals surface area contributed by atoms with Crippen molar-refractivity contribution in [2.24, 2.45) is 0 Å². The Morgan fingerprint density at radius 1 is 0.833 bits per heavy atom. The maximum absolute atomic E-state index is 12.8. The molecule has 0 N–H and O–H groups in total. The van der Waals surface area contributed by atoms with E-state index in [-0.39, 0.29) is 29.3 Å². The minimum atomic E-state index is -4.50. The first kappa shape index (κ1) is 36.3. The summed E-state index contributed by atoms with van der Waals surface area (Å²) >= 11 is 0. The molecule has 2 unspecified atom stereocenters. The molecule has 0 saturated heterocycles. The van der Waals surface area contributed by atoms with Gasteiger partial charge >= 0.3 is 18.3 Å². The van der Waals surface area contributed by atoms with E-state index in [1.807, 2.05) is 13.8 Å². The molecule has 0 heterocycles. The summed E-state index contributed by atoms with van der Waals surface area (Å²) in [5.41, 5.74) is -1.25. The number of hydroxylamine groups is 2. The van der Waals surface area contributed by atoms with Gasteiger partial charge in [0.1, 0.15) is 11.5 Å². The van der Waals surface area contributed by atoms with E-state index in [9.17, 15) is 35.9 Å². The molecule has 7 nitrogen and oxygen atoms in total. The molecule has 13 heteroatoms. The quantitative estimate of drug-likeness (QED) is 0.120. The Hall–Kier alpha value is -3.74. The molecule has 0 aliphatic heterocycles. The number of hydrogen-bond donors (Lipinski definition) is 0. The van der Waals surface area contributed by atoms with Crippen LogP contribution in [0.4, 0.5) is 26.3 Å². The minimum absolute atomic E-state index is 0.0210. The molecule has 2 aromatic carbocycles. The molecule has 234 valence electrons. The predicted molar refractivity (Wildman–Crippen MR) is 144 cm³/mol. The molecule has 2 rings (SSSR count). The summed E-state index contributed by atoms with van der Waals surface area (Å²) in [6.45, 7) is 7.17. The smallest absolute Gasteiger partial charge is 0.416 e. The number of halogens is 6. The number of ether oxygens (including phenoxy) is 3. The highest BCUT2D eigenvalue weighted by molar-refractivity contribution is 5.96. The summed E-state index contributed by atoms with van der Waals surface area (Å²) in [4.78, 5) is 27.9. The number of benzene rings is 2. The Morgan fingerprint density at radius 3 is 1.76 bits per heavy atom. The fourth-order valence-electron chi connectivity index (χ4n) is 3.00. The van der Waals surface area contributed by atoms with Crippen LogP contribution in [0.3, 0.4) is 0 Å². The van der Waals surface area contributed by atoms with Crippen LogP contribution in [0.1, 0.15) is 67.6 Å². The van der Waals surface area contributed by atoms with Gasteiger partial charge in [0, 0.05) is 18.7 Å². The lowest BCUT2D eigenvalue weighted by Gasteiger charge is -2.20. The van der Waals surface area contributed by atoms with E-state index in [1.54, 1.807) is 13.8 Å². The van der Waals surface area contributed by atoms with Gasteiger partial charge in [-0.1, -0.05) is 19.9 Å². The van der Waals surface area contributed by atoms with Gasteiger partial charge in [0.05, 0.1) is 43.1 Å². The molecule has 0 fully saturated rings. The van der Waals surface area contributed by atoms with E-state index in [0.29, 0.717) is 18.4 Å². The van der Waals surface area contributed by atoms with E-state index >= 15 is 0 Å². The van der Waals surface area contributed by atoms with Crippen molar-refractivity contribution < 1.29 is 55.0 Å². The van der Waals surface area contributed by atoms with E-state index in [4.69, 9.17) is 14.3 Å². The highest BCUT2D eigenvalue weighted by Crippen LogP contribution is 2.35. The number of amides is 1. The van der Waals surface area contributed by atoms with Gasteiger partial charge in [-0.2, -0.15) is 26.3 Å². The highest BCUT2D eigenvalue weighted by atomic mass is 19.4. The molecule has 0 saturated carbocycles. The lowest BCUT2D eigenvalue weighted by atomic mass is 10.1. The molecule has 0 spiro atoms. The van der Waals surface area contributed by atoms with Crippen molar-refractivity contribution in [1.29, 1.82) is 0 Å². The van der Waals surface area contributed by atoms with Gasteiger partial charge in [-0.25, -0.2) is 9.86 Å². The molecular formula is C29H35F6NO6. The van der Waals surface area contributed by atoms with Crippen molar-refractivity contribution in [3.8, 4) is 11.5 Å². The fraction of sp³-hybridized carbons (Fsp3) is 0.448. The maximum Gasteiger partial charge on any atom is 0.416 e. The zero-order chi connectivity index (χ0) is 32.3. The third kappa shape index (κ3) is 11.3. The second-order valence-electron chi connectivity index (χ2n) is 8.97. The summed E-state index contributed by atoms with van der Waals surface area (Å²) < 4.78 is 91.9. The molecule has 0 bridgehead atoms. The van der Waals surface area contributed by atoms with Crippen molar-refractivity contribution in [2.45, 2.75) is 65.1 Å². The minimum Gasteiger partial charge on any atom is -0.490 e. The fourth-order valence-corrected chi connectivity index (χ4v) is 3.00. The predicted octanol–water partition coefficient (Wildman–Crippen LogP) is 7.59. The lowest BCUT2D eigenvalue weighted by molar-refractivity contribution is -0.138. The van der Waals surface area contributed by atoms with Gasteiger partial charge in [-0.3, -0.25) is 9.63 Å². The van der Waals surface area contributed by atoms with Gasteiger partial charge in [-0.15, -0.1) is 0 Å². The molecule has 0 aliphatic rings. The number of alkyl halides is 6. The van der Waals surface area contributed by atoms with Crippen molar-refractivity contribution in [2.75, 3.05) is 21.3 Å². The zero-order valence-corrected chi connectivity index (χ0v) is 24.4. The number of carbonyl (C=O) groups excluding carboxylic acids is 2. The van der Waals surface area contributed by atoms with Gasteiger partial charge < -0.3 is 14.2 Å². The first-order valence-electron chi connectivity index (χ1n) is 12.8. The first-order valence-corrected chi connectivity index (χ1v) is 12.8. The molecular weight excluding hydrogens is 572 g/mol. The highest BCUT2D eigenvalue weighted by Gasteiger charge is 2.33. The summed E-state index contributed by atoms with van der Waals surface area (Å²) in [6.07, 6.45) is -5.75. The second kappa shape index (κ2) is 16.0. The number of esters is 1. The van der Waals surface area contributed by atoms with E-state index < -0.39 is 35.4 Å². The van der Waals surface area contributed by atoms with Crippen LogP contribution in [-0.2, 0) is 26.7 Å². The molecule has 1 amide bonds. The third-order valence-electron chi connectivity index (χ3n) is 5.85. The van der Waals surface area contributed by atoms with E-state index in [2.05, 4.69) is 4.74 Å². The Kier molecular flexibility index (Phi) is 13.9. The second-order valence-corrected chi connectivity index (χ2v) is 8.97. The van der Waals surface area contributed by atoms with Crippen LogP contribution in [0.2, 0.25) is 0 Å². The Labute approximate surface area is 240 Å². The summed E-state index contributed by atoms with van der Waals surface area (Å²) in [7, 11) is 3.88. The monoisotopic (exact) mass is 607 g/mol.